The number of benzene rings is 3. The molecule has 0 aliphatic carbocycles. The normalized spacial score (nSPS) is 9.00. The number of nitrogens with one attached hydrogen (secondary N) is 2. The summed E-state index contributed by atoms with van der Waals surface area (Å²) in [6.45, 7) is 11.2. The minimum atomic E-state index is 0.783. The van der Waals surface area contributed by atoms with Gasteiger partial charge in [0, 0.05) is 17.9 Å². The van der Waals surface area contributed by atoms with Crippen LogP contribution in [0.4, 0.5) is 11.4 Å². The Bertz CT molecular complexity index is 858. The highest BCUT2D eigenvalue weighted by Crippen LogP contribution is 2.19. The molecule has 192 valence electrons. The van der Waals surface area contributed by atoms with Gasteiger partial charge in [0.15, 0.2) is 0 Å². The first-order valence-corrected chi connectivity index (χ1v) is 12.6. The van der Waals surface area contributed by atoms with Gasteiger partial charge in [-0.05, 0) is 67.5 Å². The number of aldehydes is 1. The van der Waals surface area contributed by atoms with Gasteiger partial charge in [-0.25, -0.2) is 0 Å². The molecule has 4 nitrogen and oxygen atoms in total. The summed E-state index contributed by atoms with van der Waals surface area (Å²) in [6, 6.07) is 26.2. The minimum absolute atomic E-state index is 0.783. The van der Waals surface area contributed by atoms with Crippen molar-refractivity contribution >= 4 is 23.7 Å². The Balaban J connectivity index is 0. The van der Waals surface area contributed by atoms with Crippen molar-refractivity contribution in [3.05, 3.63) is 90.5 Å². The summed E-state index contributed by atoms with van der Waals surface area (Å²) < 4.78 is 0. The highest BCUT2D eigenvalue weighted by Gasteiger charge is 1.95. The second-order valence-corrected chi connectivity index (χ2v) is 6.89. The van der Waals surface area contributed by atoms with Crippen LogP contribution >= 0.6 is 0 Å². The Hall–Kier alpha value is -3.37. The summed E-state index contributed by atoms with van der Waals surface area (Å²) in [4.78, 5) is 10.2. The fourth-order valence-electron chi connectivity index (χ4n) is 2.58. The van der Waals surface area contributed by atoms with E-state index in [-0.39, 0.29) is 0 Å². The molecule has 0 aliphatic rings. The molecule has 0 aliphatic heterocycles. The molecule has 0 amide bonds. The van der Waals surface area contributed by atoms with Crippen LogP contribution in [0.15, 0.2) is 84.9 Å². The molecule has 4 N–H and O–H groups in total. The first-order valence-electron chi connectivity index (χ1n) is 12.6. The van der Waals surface area contributed by atoms with E-state index in [1.165, 1.54) is 30.0 Å². The third-order valence-electron chi connectivity index (χ3n) is 4.16. The number of allylic oxidation sites excluding steroid dienone is 1. The molecule has 3 rings (SSSR count). The topological polar surface area (TPSA) is 67.2 Å². The van der Waals surface area contributed by atoms with Crippen LogP contribution in [-0.4, -0.2) is 26.9 Å². The lowest BCUT2D eigenvalue weighted by Crippen LogP contribution is -2.00. The van der Waals surface area contributed by atoms with Crippen molar-refractivity contribution in [2.24, 2.45) is 0 Å². The van der Waals surface area contributed by atoms with Crippen LogP contribution in [-0.2, 0) is 4.79 Å². The highest BCUT2D eigenvalue weighted by molar-refractivity contribution is 5.74. The number of unbranched alkanes of at least 4 members (excludes halogenated alkanes) is 1. The standard InChI is InChI=1S/C15H12O.C10H16N2.C2H7N.2C2H6/c16-12-4-5-13-8-10-15(11-9-13)14-6-2-1-3-7-14;1-2-3-8-12-10-6-4-9(11)5-7-10;1-3-2;2*1-2/h1-12H;4-7,12H,2-3,8,11H2,1H3;3H,1-2H3;2*1-2H3/b5-4+;;;;. The number of carbonyl (C=O) groups is 1. The zero-order chi connectivity index (χ0) is 26.7. The van der Waals surface area contributed by atoms with Crippen molar-refractivity contribution in [1.29, 1.82) is 0 Å². The smallest absolute Gasteiger partial charge is 0.142 e. The Labute approximate surface area is 214 Å². The molecule has 35 heavy (non-hydrogen) atoms. The summed E-state index contributed by atoms with van der Waals surface area (Å²) in [7, 11) is 3.75. The number of hydrogen-bond acceptors (Lipinski definition) is 4. The lowest BCUT2D eigenvalue weighted by Gasteiger charge is -2.04. The first-order chi connectivity index (χ1) is 17.1. The van der Waals surface area contributed by atoms with E-state index in [0.717, 1.165) is 29.8 Å². The van der Waals surface area contributed by atoms with Gasteiger partial charge in [-0.2, -0.15) is 0 Å². The average Bonchev–Trinajstić information content (AvgIpc) is 2.93. The van der Waals surface area contributed by atoms with Crippen LogP contribution in [0.5, 0.6) is 0 Å². The highest BCUT2D eigenvalue weighted by atomic mass is 16.1. The van der Waals surface area contributed by atoms with Crippen molar-refractivity contribution in [2.45, 2.75) is 47.5 Å². The SMILES string of the molecule is CC.CC.CCCCNc1ccc(N)cc1.CNC.O=C/C=C/c1ccc(-c2ccccc2)cc1. The molecule has 0 unspecified atom stereocenters. The predicted octanol–water partition coefficient (Wildman–Crippen LogP) is 7.93. The molecule has 0 fully saturated rings. The van der Waals surface area contributed by atoms with Crippen molar-refractivity contribution in [3.63, 3.8) is 0 Å². The molecule has 4 heteroatoms. The second-order valence-electron chi connectivity index (χ2n) is 6.89. The Morgan fingerprint density at radius 1 is 0.771 bits per heavy atom. The van der Waals surface area contributed by atoms with E-state index in [4.69, 9.17) is 5.73 Å². The largest absolute Gasteiger partial charge is 0.399 e. The molecular weight excluding hydrogens is 430 g/mol. The van der Waals surface area contributed by atoms with Gasteiger partial charge in [0.2, 0.25) is 0 Å². The molecule has 0 atom stereocenters. The van der Waals surface area contributed by atoms with E-state index in [2.05, 4.69) is 41.8 Å². The summed E-state index contributed by atoms with van der Waals surface area (Å²) in [5.41, 5.74) is 10.9. The molecular formula is C31H47N3O. The van der Waals surface area contributed by atoms with Gasteiger partial charge in [0.25, 0.3) is 0 Å². The molecule has 0 aromatic heterocycles. The number of nitrogens with two attached hydrogens (primary N) is 1. The van der Waals surface area contributed by atoms with Gasteiger partial charge in [0.1, 0.15) is 6.29 Å². The third kappa shape index (κ3) is 17.7. The molecule has 0 saturated heterocycles. The number of nitrogen functional groups attached to an aromatic ring is 1. The van der Waals surface area contributed by atoms with Crippen molar-refractivity contribution < 1.29 is 4.79 Å². The predicted molar refractivity (Wildman–Crippen MR) is 159 cm³/mol. The summed E-state index contributed by atoms with van der Waals surface area (Å²) in [5.74, 6) is 0. The van der Waals surface area contributed by atoms with Gasteiger partial charge in [-0.1, -0.05) is 102 Å². The summed E-state index contributed by atoms with van der Waals surface area (Å²) >= 11 is 0. The Kier molecular flexibility index (Phi) is 24.4. The van der Waals surface area contributed by atoms with E-state index in [0.29, 0.717) is 0 Å². The van der Waals surface area contributed by atoms with Gasteiger partial charge < -0.3 is 16.4 Å². The van der Waals surface area contributed by atoms with Crippen LogP contribution in [0, 0.1) is 0 Å². The fraction of sp³-hybridized carbons (Fsp3) is 0.323. The van der Waals surface area contributed by atoms with Gasteiger partial charge in [0.05, 0.1) is 0 Å². The monoisotopic (exact) mass is 477 g/mol. The molecule has 0 heterocycles. The molecule has 0 bridgehead atoms. The maximum atomic E-state index is 10.2. The van der Waals surface area contributed by atoms with Gasteiger partial charge in [-0.15, -0.1) is 0 Å². The molecule has 0 radical (unpaired) electrons. The number of rotatable bonds is 7. The maximum absolute atomic E-state index is 10.2. The maximum Gasteiger partial charge on any atom is 0.142 e. The van der Waals surface area contributed by atoms with Crippen molar-refractivity contribution in [2.75, 3.05) is 31.7 Å². The summed E-state index contributed by atoms with van der Waals surface area (Å²) in [5, 5.41) is 6.07. The molecule has 0 spiro atoms. The lowest BCUT2D eigenvalue weighted by molar-refractivity contribution is -0.104. The molecule has 0 saturated carbocycles. The van der Waals surface area contributed by atoms with E-state index >= 15 is 0 Å². The quantitative estimate of drug-likeness (QED) is 0.140. The lowest BCUT2D eigenvalue weighted by atomic mass is 10.0. The van der Waals surface area contributed by atoms with Crippen molar-refractivity contribution in [3.8, 4) is 11.1 Å². The zero-order valence-electron chi connectivity index (χ0n) is 22.8. The van der Waals surface area contributed by atoms with E-state index in [1.54, 1.807) is 6.08 Å². The van der Waals surface area contributed by atoms with Crippen molar-refractivity contribution in [1.82, 2.24) is 5.32 Å². The van der Waals surface area contributed by atoms with E-state index in [1.807, 2.05) is 96.4 Å². The number of anilines is 2. The number of carbonyl (C=O) groups excluding carboxylic acids is 1. The van der Waals surface area contributed by atoms with Crippen LogP contribution < -0.4 is 16.4 Å². The van der Waals surface area contributed by atoms with E-state index < -0.39 is 0 Å². The fourth-order valence-corrected chi connectivity index (χ4v) is 2.58. The van der Waals surface area contributed by atoms with E-state index in [9.17, 15) is 4.79 Å². The molecule has 3 aromatic carbocycles. The minimum Gasteiger partial charge on any atom is -0.399 e. The average molecular weight is 478 g/mol. The molecule has 3 aromatic rings. The Morgan fingerprint density at radius 3 is 1.77 bits per heavy atom. The first kappa shape index (κ1) is 33.8. The van der Waals surface area contributed by atoms with Gasteiger partial charge >= 0.3 is 0 Å². The third-order valence-corrected chi connectivity index (χ3v) is 4.16. The Morgan fingerprint density at radius 2 is 1.29 bits per heavy atom. The summed E-state index contributed by atoms with van der Waals surface area (Å²) in [6.07, 6.45) is 6.51. The van der Waals surface area contributed by atoms with Crippen LogP contribution in [0.1, 0.15) is 53.0 Å². The number of hydrogen-bond donors (Lipinski definition) is 3. The second kappa shape index (κ2) is 25.3. The van der Waals surface area contributed by atoms with Crippen LogP contribution in [0.2, 0.25) is 0 Å². The van der Waals surface area contributed by atoms with Crippen LogP contribution in [0.25, 0.3) is 17.2 Å². The zero-order valence-corrected chi connectivity index (χ0v) is 22.8. The van der Waals surface area contributed by atoms with Gasteiger partial charge in [-0.3, -0.25) is 4.79 Å². The van der Waals surface area contributed by atoms with Crippen LogP contribution in [0.3, 0.4) is 0 Å².